The molecule has 0 bridgehead atoms. The highest BCUT2D eigenvalue weighted by molar-refractivity contribution is 14.0. The number of guanidine groups is 1. The number of ether oxygens (including phenoxy) is 2. The molecule has 5 nitrogen and oxygen atoms in total. The normalized spacial score (nSPS) is 21.0. The van der Waals surface area contributed by atoms with Crippen molar-refractivity contribution < 1.29 is 9.47 Å². The molecule has 0 radical (unpaired) electrons. The zero-order valence-corrected chi connectivity index (χ0v) is 19.0. The largest absolute Gasteiger partial charge is 0.377 e. The molecule has 6 heteroatoms. The number of nitrogens with zero attached hydrogens (tertiary/aromatic N) is 1. The minimum atomic E-state index is -0.226. The fourth-order valence-corrected chi connectivity index (χ4v) is 2.99. The van der Waals surface area contributed by atoms with Crippen LogP contribution in [-0.2, 0) is 9.47 Å². The minimum absolute atomic E-state index is 0. The van der Waals surface area contributed by atoms with Crippen LogP contribution in [0.2, 0.25) is 0 Å². The van der Waals surface area contributed by atoms with Gasteiger partial charge in [0.15, 0.2) is 5.96 Å². The van der Waals surface area contributed by atoms with Crippen LogP contribution in [0.15, 0.2) is 29.3 Å². The number of aliphatic imine (C=N–C) groups is 1. The Bertz CT molecular complexity index is 561. The average molecular weight is 475 g/mol. The van der Waals surface area contributed by atoms with Crippen molar-refractivity contribution in [3.63, 3.8) is 0 Å². The van der Waals surface area contributed by atoms with Gasteiger partial charge in [-0.25, -0.2) is 0 Å². The van der Waals surface area contributed by atoms with E-state index in [1.165, 1.54) is 11.1 Å². The fraction of sp³-hybridized carbons (Fsp3) is 0.650. The number of hydrogen-bond donors (Lipinski definition) is 2. The van der Waals surface area contributed by atoms with Gasteiger partial charge in [0.05, 0.1) is 11.7 Å². The quantitative estimate of drug-likeness (QED) is 0.375. The predicted octanol–water partition coefficient (Wildman–Crippen LogP) is 3.67. The van der Waals surface area contributed by atoms with E-state index in [9.17, 15) is 0 Å². The number of methoxy groups -OCH3 is 1. The van der Waals surface area contributed by atoms with Gasteiger partial charge in [-0.05, 0) is 39.2 Å². The highest BCUT2D eigenvalue weighted by Gasteiger charge is 2.27. The van der Waals surface area contributed by atoms with E-state index in [-0.39, 0.29) is 35.7 Å². The average Bonchev–Trinajstić information content (AvgIpc) is 2.63. The summed E-state index contributed by atoms with van der Waals surface area (Å²) in [6.45, 7) is 8.59. The molecule has 1 fully saturated rings. The maximum atomic E-state index is 6.09. The lowest BCUT2D eigenvalue weighted by atomic mass is 9.89. The van der Waals surface area contributed by atoms with Gasteiger partial charge in [0.1, 0.15) is 0 Å². The van der Waals surface area contributed by atoms with Crippen LogP contribution in [-0.4, -0.2) is 45.4 Å². The van der Waals surface area contributed by atoms with E-state index < -0.39 is 0 Å². The molecule has 2 unspecified atom stereocenters. The van der Waals surface area contributed by atoms with Crippen molar-refractivity contribution in [1.82, 2.24) is 10.6 Å². The lowest BCUT2D eigenvalue weighted by Crippen LogP contribution is -2.47. The molecule has 1 aromatic rings. The van der Waals surface area contributed by atoms with Gasteiger partial charge >= 0.3 is 0 Å². The number of rotatable bonds is 6. The van der Waals surface area contributed by atoms with Crippen molar-refractivity contribution >= 4 is 29.9 Å². The molecule has 2 rings (SSSR count). The van der Waals surface area contributed by atoms with Gasteiger partial charge in [-0.2, -0.15) is 0 Å². The van der Waals surface area contributed by atoms with Crippen molar-refractivity contribution in [3.05, 3.63) is 35.4 Å². The van der Waals surface area contributed by atoms with E-state index in [1.807, 2.05) is 0 Å². The van der Waals surface area contributed by atoms with Gasteiger partial charge in [-0.1, -0.05) is 29.8 Å². The van der Waals surface area contributed by atoms with Crippen LogP contribution >= 0.6 is 24.0 Å². The Hall–Kier alpha value is -0.860. The Morgan fingerprint density at radius 1 is 1.27 bits per heavy atom. The van der Waals surface area contributed by atoms with E-state index in [0.717, 1.165) is 32.0 Å². The van der Waals surface area contributed by atoms with Crippen molar-refractivity contribution in [2.75, 3.05) is 33.9 Å². The zero-order valence-electron chi connectivity index (χ0n) is 16.7. The van der Waals surface area contributed by atoms with Crippen molar-refractivity contribution in [2.24, 2.45) is 10.9 Å². The molecular weight excluding hydrogens is 441 g/mol. The standard InChI is InChI=1S/C20H33N3O2.HI/c1-15-8-10-16(11-9-15)18-17(7-6-12-25-18)13-22-19(21-4)23-14-20(2,3)24-5;/h8-11,17-18H,6-7,12-14H2,1-5H3,(H2,21,22,23);1H. The minimum Gasteiger partial charge on any atom is -0.377 e. The van der Waals surface area contributed by atoms with Crippen LogP contribution in [0.25, 0.3) is 0 Å². The zero-order chi connectivity index (χ0) is 18.3. The first-order valence-corrected chi connectivity index (χ1v) is 9.13. The Balaban J connectivity index is 0.00000338. The molecule has 0 aliphatic carbocycles. The summed E-state index contributed by atoms with van der Waals surface area (Å²) in [7, 11) is 3.52. The summed E-state index contributed by atoms with van der Waals surface area (Å²) in [5.41, 5.74) is 2.32. The summed E-state index contributed by atoms with van der Waals surface area (Å²) < 4.78 is 11.5. The highest BCUT2D eigenvalue weighted by atomic mass is 127. The van der Waals surface area contributed by atoms with Gasteiger partial charge < -0.3 is 20.1 Å². The fourth-order valence-electron chi connectivity index (χ4n) is 2.99. The molecule has 1 aromatic carbocycles. The molecule has 1 saturated heterocycles. The summed E-state index contributed by atoms with van der Waals surface area (Å²) in [6.07, 6.45) is 2.42. The molecule has 1 aliphatic heterocycles. The maximum Gasteiger partial charge on any atom is 0.191 e. The van der Waals surface area contributed by atoms with Crippen LogP contribution in [0.3, 0.4) is 0 Å². The predicted molar refractivity (Wildman–Crippen MR) is 118 cm³/mol. The molecule has 1 heterocycles. The number of nitrogens with one attached hydrogen (secondary N) is 2. The lowest BCUT2D eigenvalue weighted by Gasteiger charge is -2.33. The van der Waals surface area contributed by atoms with Gasteiger partial charge in [0.25, 0.3) is 0 Å². The second-order valence-corrected chi connectivity index (χ2v) is 7.37. The second kappa shape index (κ2) is 11.1. The molecule has 0 aromatic heterocycles. The third-order valence-electron chi connectivity index (χ3n) is 4.84. The van der Waals surface area contributed by atoms with E-state index >= 15 is 0 Å². The number of halogens is 1. The first-order valence-electron chi connectivity index (χ1n) is 9.13. The second-order valence-electron chi connectivity index (χ2n) is 7.37. The topological polar surface area (TPSA) is 54.9 Å². The van der Waals surface area contributed by atoms with E-state index in [2.05, 4.69) is 60.7 Å². The molecule has 1 aliphatic rings. The number of aryl methyl sites for hydroxylation is 1. The smallest absolute Gasteiger partial charge is 0.191 e. The highest BCUT2D eigenvalue weighted by Crippen LogP contribution is 2.33. The van der Waals surface area contributed by atoms with Gasteiger partial charge in [-0.3, -0.25) is 4.99 Å². The van der Waals surface area contributed by atoms with Gasteiger partial charge in [-0.15, -0.1) is 24.0 Å². The van der Waals surface area contributed by atoms with Crippen molar-refractivity contribution in [1.29, 1.82) is 0 Å². The summed E-state index contributed by atoms with van der Waals surface area (Å²) in [4.78, 5) is 4.32. The Morgan fingerprint density at radius 3 is 2.58 bits per heavy atom. The van der Waals surface area contributed by atoms with Gasteiger partial charge in [0.2, 0.25) is 0 Å². The number of benzene rings is 1. The third-order valence-corrected chi connectivity index (χ3v) is 4.84. The molecule has 148 valence electrons. The number of hydrogen-bond acceptors (Lipinski definition) is 3. The summed E-state index contributed by atoms with van der Waals surface area (Å²) in [5.74, 6) is 1.24. The molecule has 0 spiro atoms. The molecule has 0 amide bonds. The van der Waals surface area contributed by atoms with E-state index in [4.69, 9.17) is 9.47 Å². The van der Waals surface area contributed by atoms with Crippen molar-refractivity contribution in [2.45, 2.75) is 45.3 Å². The van der Waals surface area contributed by atoms with Crippen LogP contribution in [0.4, 0.5) is 0 Å². The summed E-state index contributed by atoms with van der Waals surface area (Å²) >= 11 is 0. The van der Waals surface area contributed by atoms with Crippen LogP contribution in [0.5, 0.6) is 0 Å². The summed E-state index contributed by atoms with van der Waals surface area (Å²) in [5, 5.41) is 6.79. The molecular formula is C20H34IN3O2. The third kappa shape index (κ3) is 7.04. The van der Waals surface area contributed by atoms with Gasteiger partial charge in [0, 0.05) is 39.8 Å². The molecule has 2 N–H and O–H groups in total. The lowest BCUT2D eigenvalue weighted by molar-refractivity contribution is -0.0266. The van der Waals surface area contributed by atoms with Crippen molar-refractivity contribution in [3.8, 4) is 0 Å². The first kappa shape index (κ1) is 23.2. The Morgan fingerprint density at radius 2 is 1.96 bits per heavy atom. The molecule has 2 atom stereocenters. The van der Waals surface area contributed by atoms with Crippen LogP contribution < -0.4 is 10.6 Å². The summed E-state index contributed by atoms with van der Waals surface area (Å²) in [6, 6.07) is 8.69. The van der Waals surface area contributed by atoms with Crippen LogP contribution in [0.1, 0.15) is 43.9 Å². The Labute approximate surface area is 175 Å². The van der Waals surface area contributed by atoms with E-state index in [0.29, 0.717) is 12.5 Å². The van der Waals surface area contributed by atoms with Crippen LogP contribution in [0, 0.1) is 12.8 Å². The molecule has 26 heavy (non-hydrogen) atoms. The molecule has 0 saturated carbocycles. The monoisotopic (exact) mass is 475 g/mol. The first-order chi connectivity index (χ1) is 11.9. The Kier molecular flexibility index (Phi) is 9.89. The maximum absolute atomic E-state index is 6.09. The van der Waals surface area contributed by atoms with E-state index in [1.54, 1.807) is 14.2 Å². The SMILES string of the molecule is CN=C(NCC1CCCOC1c1ccc(C)cc1)NCC(C)(C)OC.I.